The second kappa shape index (κ2) is 17.4. The van der Waals surface area contributed by atoms with E-state index in [9.17, 15) is 24.0 Å². The predicted octanol–water partition coefficient (Wildman–Crippen LogP) is 6.80. The van der Waals surface area contributed by atoms with Gasteiger partial charge in [0.15, 0.2) is 12.2 Å². The monoisotopic (exact) mass is 790 g/mol. The van der Waals surface area contributed by atoms with Gasteiger partial charge in [-0.2, -0.15) is 0 Å². The van der Waals surface area contributed by atoms with Crippen LogP contribution in [0.2, 0.25) is 0 Å². The molecule has 0 spiro atoms. The van der Waals surface area contributed by atoms with Crippen molar-refractivity contribution >= 4 is 29.8 Å². The molecule has 0 radical (unpaired) electrons. The van der Waals surface area contributed by atoms with E-state index in [0.717, 1.165) is 10.2 Å². The third-order valence-corrected chi connectivity index (χ3v) is 8.32. The molecule has 312 valence electrons. The van der Waals surface area contributed by atoms with Crippen LogP contribution in [0.5, 0.6) is 11.6 Å². The molecule has 1 fully saturated rings. The van der Waals surface area contributed by atoms with Gasteiger partial charge < -0.3 is 33.2 Å². The molecular formula is C42H62N2O12. The van der Waals surface area contributed by atoms with Crippen LogP contribution in [-0.2, 0) is 49.3 Å². The molecule has 1 saturated heterocycles. The zero-order valence-electron chi connectivity index (χ0n) is 38.8. The molecule has 0 bridgehead atoms. The summed E-state index contributed by atoms with van der Waals surface area (Å²) in [6, 6.07) is 7.26. The fraction of sp³-hybridized carbons (Fsp3) is 0.667. The molecule has 2 aromatic rings. The minimum absolute atomic E-state index is 0.0546. The highest BCUT2D eigenvalue weighted by atomic mass is 16.7. The van der Waals surface area contributed by atoms with Crippen LogP contribution in [0.1, 0.15) is 131 Å². The van der Waals surface area contributed by atoms with Crippen molar-refractivity contribution in [3.63, 3.8) is 0 Å². The number of carbonyl (C=O) groups is 5. The number of nitrogens with zero attached hydrogens (tertiary/aromatic N) is 2. The number of hydrogen-bond donors (Lipinski definition) is 0. The summed E-state index contributed by atoms with van der Waals surface area (Å²) < 4.78 is 75.5. The molecule has 14 heteroatoms. The second-order valence-corrected chi connectivity index (χ2v) is 17.2. The van der Waals surface area contributed by atoms with Crippen LogP contribution in [0.4, 0.5) is 0 Å². The van der Waals surface area contributed by atoms with Crippen LogP contribution in [0.15, 0.2) is 24.3 Å². The van der Waals surface area contributed by atoms with Gasteiger partial charge in [0.1, 0.15) is 18.5 Å². The number of aromatic nitrogens is 2. The fourth-order valence-electron chi connectivity index (χ4n) is 5.10. The van der Waals surface area contributed by atoms with E-state index in [1.165, 1.54) is 62.3 Å². The van der Waals surface area contributed by atoms with Crippen molar-refractivity contribution in [3.05, 3.63) is 41.1 Å². The van der Waals surface area contributed by atoms with E-state index >= 15 is 0 Å². The first kappa shape index (κ1) is 39.8. The minimum atomic E-state index is -1.77. The molecule has 1 aliphatic rings. The topological polar surface area (TPSA) is 168 Å². The zero-order chi connectivity index (χ0) is 45.5. The molecule has 1 aromatic heterocycles. The SMILES string of the molecule is [2H]CC(C)(C)C(=O)OC[C@H]1OC(Oc2nn(C(C)=O)c(C)c2Cc2ccc(OC(C)C)cc2)[C@H](OC(=O)C(C)(C)C[2H])[C@@H](OC(=O)C(C)(C)C[2H])[C@@H]1OC(=O)C(C)(C)C[2H]. The van der Waals surface area contributed by atoms with E-state index in [1.807, 2.05) is 26.0 Å². The van der Waals surface area contributed by atoms with Crippen LogP contribution < -0.4 is 9.47 Å². The maximum Gasteiger partial charge on any atom is 0.311 e. The van der Waals surface area contributed by atoms with Crippen LogP contribution in [0.3, 0.4) is 0 Å². The van der Waals surface area contributed by atoms with Crippen molar-refractivity contribution < 1.29 is 62.6 Å². The van der Waals surface area contributed by atoms with Gasteiger partial charge in [-0.1, -0.05) is 12.1 Å². The first-order chi connectivity index (χ1) is 27.7. The third kappa shape index (κ3) is 12.0. The zero-order valence-corrected chi connectivity index (χ0v) is 34.8. The van der Waals surface area contributed by atoms with Gasteiger partial charge in [-0.3, -0.25) is 24.0 Å². The molecular weight excluding hydrogens is 724 g/mol. The summed E-state index contributed by atoms with van der Waals surface area (Å²) in [6.45, 7) is 16.3. The van der Waals surface area contributed by atoms with E-state index in [1.54, 1.807) is 19.1 Å². The number of ether oxygens (including phenoxy) is 7. The first-order valence-electron chi connectivity index (χ1n) is 21.2. The van der Waals surface area contributed by atoms with Gasteiger partial charge in [0.2, 0.25) is 24.2 Å². The molecule has 5 atom stereocenters. The van der Waals surface area contributed by atoms with Crippen molar-refractivity contribution in [2.75, 3.05) is 6.61 Å². The average molecular weight is 791 g/mol. The van der Waals surface area contributed by atoms with Gasteiger partial charge in [-0.15, -0.1) is 5.10 Å². The fourth-order valence-corrected chi connectivity index (χ4v) is 5.10. The smallest absolute Gasteiger partial charge is 0.311 e. The Morgan fingerprint density at radius 2 is 1.25 bits per heavy atom. The van der Waals surface area contributed by atoms with Gasteiger partial charge in [0, 0.05) is 24.4 Å². The van der Waals surface area contributed by atoms with E-state index in [4.69, 9.17) is 38.6 Å². The Hall–Kier alpha value is -4.46. The Kier molecular flexibility index (Phi) is 12.3. The highest BCUT2D eigenvalue weighted by Gasteiger charge is 2.56. The number of hydrogen-bond acceptors (Lipinski definition) is 13. The number of carbonyl (C=O) groups excluding carboxylic acids is 5. The summed E-state index contributed by atoms with van der Waals surface area (Å²) in [7, 11) is 0. The highest BCUT2D eigenvalue weighted by Crippen LogP contribution is 2.36. The van der Waals surface area contributed by atoms with E-state index in [-0.39, 0.29) is 25.3 Å². The Labute approximate surface area is 336 Å². The van der Waals surface area contributed by atoms with Gasteiger partial charge in [-0.05, 0) is 121 Å². The largest absolute Gasteiger partial charge is 0.491 e. The van der Waals surface area contributed by atoms with Crippen molar-refractivity contribution in [1.82, 2.24) is 9.78 Å². The summed E-state index contributed by atoms with van der Waals surface area (Å²) in [5.41, 5.74) is -3.90. The molecule has 0 N–H and O–H groups in total. The first-order valence-corrected chi connectivity index (χ1v) is 18.4. The normalized spacial score (nSPS) is 21.5. The lowest BCUT2D eigenvalue weighted by Gasteiger charge is -2.45. The molecule has 1 aliphatic heterocycles. The lowest BCUT2D eigenvalue weighted by molar-refractivity contribution is -0.294. The molecule has 3 rings (SSSR count). The van der Waals surface area contributed by atoms with Gasteiger partial charge in [0.25, 0.3) is 0 Å². The molecule has 14 nitrogen and oxygen atoms in total. The van der Waals surface area contributed by atoms with Crippen LogP contribution in [0, 0.1) is 28.6 Å². The summed E-state index contributed by atoms with van der Waals surface area (Å²) in [5, 5.41) is 4.45. The molecule has 0 saturated carbocycles. The molecule has 2 heterocycles. The van der Waals surface area contributed by atoms with Crippen molar-refractivity contribution in [1.29, 1.82) is 0 Å². The third-order valence-electron chi connectivity index (χ3n) is 8.32. The summed E-state index contributed by atoms with van der Waals surface area (Å²) >= 11 is 0. The van der Waals surface area contributed by atoms with Crippen LogP contribution in [0.25, 0.3) is 0 Å². The second-order valence-electron chi connectivity index (χ2n) is 17.2. The van der Waals surface area contributed by atoms with Crippen molar-refractivity contribution in [2.24, 2.45) is 21.7 Å². The minimum Gasteiger partial charge on any atom is -0.491 e. The molecule has 1 aromatic carbocycles. The lowest BCUT2D eigenvalue weighted by Crippen LogP contribution is -2.65. The van der Waals surface area contributed by atoms with Crippen LogP contribution in [-0.4, -0.2) is 83.0 Å². The van der Waals surface area contributed by atoms with E-state index < -0.39 is 109 Å². The van der Waals surface area contributed by atoms with Gasteiger partial charge in [0.05, 0.1) is 33.5 Å². The number of benzene rings is 1. The molecule has 56 heavy (non-hydrogen) atoms. The molecule has 0 amide bonds. The maximum atomic E-state index is 13.9. The van der Waals surface area contributed by atoms with Gasteiger partial charge in [-0.25, -0.2) is 4.68 Å². The van der Waals surface area contributed by atoms with Crippen molar-refractivity contribution in [2.45, 2.75) is 154 Å². The molecule has 1 unspecified atom stereocenters. The summed E-state index contributed by atoms with van der Waals surface area (Å²) in [4.78, 5) is 67.5. The van der Waals surface area contributed by atoms with E-state index in [2.05, 4.69) is 5.10 Å². The maximum absolute atomic E-state index is 13.9. The average Bonchev–Trinajstić information content (AvgIpc) is 3.49. The molecule has 0 aliphatic carbocycles. The van der Waals surface area contributed by atoms with Gasteiger partial charge >= 0.3 is 23.9 Å². The van der Waals surface area contributed by atoms with Crippen molar-refractivity contribution in [3.8, 4) is 11.6 Å². The Morgan fingerprint density at radius 1 is 0.768 bits per heavy atom. The van der Waals surface area contributed by atoms with E-state index in [0.29, 0.717) is 17.0 Å². The highest BCUT2D eigenvalue weighted by molar-refractivity contribution is 5.78. The van der Waals surface area contributed by atoms with Crippen LogP contribution >= 0.6 is 0 Å². The lowest BCUT2D eigenvalue weighted by atomic mass is 9.93. The number of rotatable bonds is 11. The Bertz CT molecular complexity index is 1840. The Morgan fingerprint density at radius 3 is 1.73 bits per heavy atom. The predicted molar refractivity (Wildman–Crippen MR) is 206 cm³/mol. The Balaban J connectivity index is 2.31. The standard InChI is InChI=1S/C42H62N2O12/c1-23(2)51-27-19-17-26(18-20-27)21-28-24(3)44(25(4)45)43-33(28)56-34-32(55-38(49)42(14,15)16)31(54-37(48)41(11,12)13)30(53-36(47)40(8,9)10)29(52-34)22-50-35(46)39(5,6)7/h17-20,23,29-32,34H,21-22H2,1-16H3/t29-,30-,31+,32-,34?/m1/s1/i5D,8D,11D,14D. The quantitative estimate of drug-likeness (QED) is 0.172. The number of esters is 4. The summed E-state index contributed by atoms with van der Waals surface area (Å²) in [5.74, 6) is -3.55. The summed E-state index contributed by atoms with van der Waals surface area (Å²) in [6.07, 6.45) is -8.36.